The Morgan fingerprint density at radius 1 is 1.17 bits per heavy atom. The van der Waals surface area contributed by atoms with Crippen LogP contribution in [0.4, 0.5) is 18.9 Å². The first-order chi connectivity index (χ1) is 10.8. The lowest BCUT2D eigenvalue weighted by molar-refractivity contribution is -0.274. The summed E-state index contributed by atoms with van der Waals surface area (Å²) < 4.78 is 44.9. The number of hydrogen-bond acceptors (Lipinski definition) is 4. The number of rotatable bonds is 5. The van der Waals surface area contributed by atoms with Crippen LogP contribution in [-0.4, -0.2) is 24.7 Å². The summed E-state index contributed by atoms with van der Waals surface area (Å²) in [6, 6.07) is 7.72. The summed E-state index contributed by atoms with van der Waals surface area (Å²) in [7, 11) is 0. The number of carbonyl (C=O) groups excluding carboxylic acids is 2. The van der Waals surface area contributed by atoms with Crippen LogP contribution < -0.4 is 15.4 Å². The highest BCUT2D eigenvalue weighted by molar-refractivity contribution is 5.98. The van der Waals surface area contributed by atoms with Crippen LogP contribution in [0.15, 0.2) is 47.1 Å². The molecule has 23 heavy (non-hydrogen) atoms. The smallest absolute Gasteiger partial charge is 0.459 e. The molecule has 122 valence electrons. The largest absolute Gasteiger partial charge is 0.573 e. The Bertz CT molecular complexity index is 684. The van der Waals surface area contributed by atoms with Crippen LogP contribution in [0.3, 0.4) is 0 Å². The number of anilines is 1. The topological polar surface area (TPSA) is 80.6 Å². The summed E-state index contributed by atoms with van der Waals surface area (Å²) in [5, 5.41) is 4.64. The maximum Gasteiger partial charge on any atom is 0.573 e. The van der Waals surface area contributed by atoms with Gasteiger partial charge in [-0.25, -0.2) is 0 Å². The molecule has 6 nitrogen and oxygen atoms in total. The number of furan rings is 1. The zero-order chi connectivity index (χ0) is 16.9. The van der Waals surface area contributed by atoms with E-state index in [2.05, 4.69) is 15.4 Å². The molecule has 0 aliphatic rings. The summed E-state index contributed by atoms with van der Waals surface area (Å²) in [6.45, 7) is -0.371. The van der Waals surface area contributed by atoms with Crippen molar-refractivity contribution in [1.29, 1.82) is 0 Å². The van der Waals surface area contributed by atoms with Gasteiger partial charge in [0.2, 0.25) is 5.91 Å². The van der Waals surface area contributed by atoms with Crippen molar-refractivity contribution in [2.75, 3.05) is 11.9 Å². The predicted molar refractivity (Wildman–Crippen MR) is 72.8 cm³/mol. The van der Waals surface area contributed by atoms with Crippen molar-refractivity contribution < 1.29 is 31.9 Å². The minimum absolute atomic E-state index is 0.0402. The molecule has 1 aromatic heterocycles. The van der Waals surface area contributed by atoms with Gasteiger partial charge in [-0.1, -0.05) is 6.07 Å². The molecule has 0 aliphatic heterocycles. The van der Waals surface area contributed by atoms with Crippen LogP contribution in [0.1, 0.15) is 10.6 Å². The Hall–Kier alpha value is -2.97. The molecule has 2 rings (SSSR count). The molecule has 0 bridgehead atoms. The van der Waals surface area contributed by atoms with Crippen LogP contribution in [0.5, 0.6) is 5.75 Å². The van der Waals surface area contributed by atoms with Crippen LogP contribution >= 0.6 is 0 Å². The molecule has 2 N–H and O–H groups in total. The zero-order valence-electron chi connectivity index (χ0n) is 11.5. The normalized spacial score (nSPS) is 10.9. The summed E-state index contributed by atoms with van der Waals surface area (Å²) in [5.41, 5.74) is 0.101. The summed E-state index contributed by atoms with van der Waals surface area (Å²) in [6.07, 6.45) is -3.51. The first-order valence-electron chi connectivity index (χ1n) is 6.31. The number of hydrogen-bond donors (Lipinski definition) is 2. The van der Waals surface area contributed by atoms with Crippen molar-refractivity contribution >= 4 is 17.5 Å². The maximum absolute atomic E-state index is 12.1. The molecule has 0 fully saturated rings. The fourth-order valence-electron chi connectivity index (χ4n) is 1.63. The number of halogens is 3. The van der Waals surface area contributed by atoms with Gasteiger partial charge in [0.05, 0.1) is 12.8 Å². The monoisotopic (exact) mass is 328 g/mol. The predicted octanol–water partition coefficient (Wildman–Crippen LogP) is 2.55. The van der Waals surface area contributed by atoms with Gasteiger partial charge in [0, 0.05) is 11.8 Å². The van der Waals surface area contributed by atoms with E-state index < -0.39 is 23.9 Å². The molecule has 2 aromatic rings. The zero-order valence-corrected chi connectivity index (χ0v) is 11.5. The maximum atomic E-state index is 12.1. The Morgan fingerprint density at radius 2 is 1.96 bits per heavy atom. The fraction of sp³-hybridized carbons (Fsp3) is 0.143. The third-order valence-electron chi connectivity index (χ3n) is 2.51. The Balaban J connectivity index is 1.88. The van der Waals surface area contributed by atoms with Gasteiger partial charge in [0.1, 0.15) is 5.75 Å². The Morgan fingerprint density at radius 3 is 2.61 bits per heavy atom. The van der Waals surface area contributed by atoms with E-state index >= 15 is 0 Å². The molecule has 0 radical (unpaired) electrons. The van der Waals surface area contributed by atoms with Crippen LogP contribution in [0, 0.1) is 0 Å². The highest BCUT2D eigenvalue weighted by Crippen LogP contribution is 2.24. The van der Waals surface area contributed by atoms with Gasteiger partial charge in [-0.2, -0.15) is 0 Å². The second kappa shape index (κ2) is 6.86. The van der Waals surface area contributed by atoms with Gasteiger partial charge >= 0.3 is 6.36 Å². The number of alkyl halides is 3. The quantitative estimate of drug-likeness (QED) is 0.884. The first-order valence-corrected chi connectivity index (χ1v) is 6.31. The second-order valence-electron chi connectivity index (χ2n) is 4.28. The van der Waals surface area contributed by atoms with Crippen molar-refractivity contribution in [3.05, 3.63) is 48.4 Å². The average molecular weight is 328 g/mol. The van der Waals surface area contributed by atoms with E-state index in [9.17, 15) is 22.8 Å². The van der Waals surface area contributed by atoms with Crippen molar-refractivity contribution in [3.8, 4) is 5.75 Å². The van der Waals surface area contributed by atoms with Gasteiger partial charge < -0.3 is 19.8 Å². The molecule has 0 saturated heterocycles. The SMILES string of the molecule is O=C(CNC(=O)c1ccco1)Nc1cccc(OC(F)(F)F)c1. The van der Waals surface area contributed by atoms with E-state index in [1.54, 1.807) is 0 Å². The van der Waals surface area contributed by atoms with Crippen LogP contribution in [0.2, 0.25) is 0 Å². The molecule has 0 aliphatic carbocycles. The first kappa shape index (κ1) is 16.4. The summed E-state index contributed by atoms with van der Waals surface area (Å²) in [5.74, 6) is -1.62. The molecule has 0 atom stereocenters. The van der Waals surface area contributed by atoms with E-state index in [1.807, 2.05) is 0 Å². The number of nitrogens with one attached hydrogen (secondary N) is 2. The lowest BCUT2D eigenvalue weighted by atomic mass is 10.3. The minimum Gasteiger partial charge on any atom is -0.459 e. The molecule has 1 aromatic carbocycles. The third kappa shape index (κ3) is 5.38. The lowest BCUT2D eigenvalue weighted by Crippen LogP contribution is -2.32. The lowest BCUT2D eigenvalue weighted by Gasteiger charge is -2.11. The van der Waals surface area contributed by atoms with E-state index in [0.717, 1.165) is 12.1 Å². The Kier molecular flexibility index (Phi) is 4.89. The van der Waals surface area contributed by atoms with Gasteiger partial charge in [-0.05, 0) is 24.3 Å². The van der Waals surface area contributed by atoms with E-state index in [4.69, 9.17) is 4.42 Å². The van der Waals surface area contributed by atoms with Crippen LogP contribution in [0.25, 0.3) is 0 Å². The molecule has 0 unspecified atom stereocenters. The standard InChI is InChI=1S/C14H11F3N2O4/c15-14(16,17)23-10-4-1-3-9(7-10)19-12(20)8-18-13(21)11-5-2-6-22-11/h1-7H,8H2,(H,18,21)(H,19,20). The minimum atomic E-state index is -4.82. The number of benzene rings is 1. The van der Waals surface area contributed by atoms with E-state index in [-0.39, 0.29) is 18.0 Å². The third-order valence-corrected chi connectivity index (χ3v) is 2.51. The van der Waals surface area contributed by atoms with Crippen LogP contribution in [-0.2, 0) is 4.79 Å². The molecular weight excluding hydrogens is 317 g/mol. The molecule has 9 heteroatoms. The van der Waals surface area contributed by atoms with Crippen molar-refractivity contribution in [1.82, 2.24) is 5.32 Å². The fourth-order valence-corrected chi connectivity index (χ4v) is 1.63. The van der Waals surface area contributed by atoms with Crippen molar-refractivity contribution in [2.45, 2.75) is 6.36 Å². The van der Waals surface area contributed by atoms with Crippen molar-refractivity contribution in [2.24, 2.45) is 0 Å². The van der Waals surface area contributed by atoms with Gasteiger partial charge in [-0.3, -0.25) is 9.59 Å². The van der Waals surface area contributed by atoms with E-state index in [0.29, 0.717) is 0 Å². The summed E-state index contributed by atoms with van der Waals surface area (Å²) in [4.78, 5) is 23.2. The molecule has 0 spiro atoms. The number of ether oxygens (including phenoxy) is 1. The average Bonchev–Trinajstić information content (AvgIpc) is 2.97. The highest BCUT2D eigenvalue weighted by Gasteiger charge is 2.31. The molecule has 2 amide bonds. The van der Waals surface area contributed by atoms with E-state index in [1.165, 1.54) is 30.5 Å². The Labute approximate surface area is 128 Å². The number of amides is 2. The van der Waals surface area contributed by atoms with Gasteiger partial charge in [0.15, 0.2) is 5.76 Å². The van der Waals surface area contributed by atoms with Gasteiger partial charge in [-0.15, -0.1) is 13.2 Å². The van der Waals surface area contributed by atoms with Crippen molar-refractivity contribution in [3.63, 3.8) is 0 Å². The summed E-state index contributed by atoms with van der Waals surface area (Å²) >= 11 is 0. The van der Waals surface area contributed by atoms with Gasteiger partial charge in [0.25, 0.3) is 5.91 Å². The molecular formula is C14H11F3N2O4. The molecule has 0 saturated carbocycles. The molecule has 1 heterocycles. The number of carbonyl (C=O) groups is 2. The highest BCUT2D eigenvalue weighted by atomic mass is 19.4. The second-order valence-corrected chi connectivity index (χ2v) is 4.28.